The largest absolute Gasteiger partial charge is 0.215 e. The third-order valence-corrected chi connectivity index (χ3v) is 3.65. The average molecular weight is 340 g/mol. The molecule has 1 aromatic carbocycles. The highest BCUT2D eigenvalue weighted by atomic mass is 79.9. The van der Waals surface area contributed by atoms with Crippen molar-refractivity contribution in [2.24, 2.45) is 0 Å². The lowest BCUT2D eigenvalue weighted by molar-refractivity contribution is 0.584. The fourth-order valence-corrected chi connectivity index (χ4v) is 1.77. The summed E-state index contributed by atoms with van der Waals surface area (Å²) in [6.45, 7) is 0. The molecule has 17 heavy (non-hydrogen) atoms. The van der Waals surface area contributed by atoms with Gasteiger partial charge in [0.15, 0.2) is 5.82 Å². The summed E-state index contributed by atoms with van der Waals surface area (Å²) in [4.78, 5) is 7.75. The van der Waals surface area contributed by atoms with Crippen molar-refractivity contribution >= 4 is 39.1 Å². The molecule has 2 nitrogen and oxygen atoms in total. The highest BCUT2D eigenvalue weighted by molar-refractivity contribution is 9.10. The van der Waals surface area contributed by atoms with Crippen molar-refractivity contribution in [3.8, 4) is 11.4 Å². The zero-order chi connectivity index (χ0) is 12.6. The van der Waals surface area contributed by atoms with E-state index in [-0.39, 0.29) is 21.7 Å². The van der Waals surface area contributed by atoms with Crippen molar-refractivity contribution in [1.82, 2.24) is 9.97 Å². The molecule has 2 rings (SSSR count). The second kappa shape index (κ2) is 4.84. The monoisotopic (exact) mass is 338 g/mol. The zero-order valence-electron chi connectivity index (χ0n) is 8.02. The SMILES string of the molecule is Fc1cc(F)cc(-c2nc(Cl)c(Br)c(Cl)n2)c1. The molecule has 0 aliphatic heterocycles. The van der Waals surface area contributed by atoms with Crippen LogP contribution in [-0.4, -0.2) is 9.97 Å². The van der Waals surface area contributed by atoms with E-state index >= 15 is 0 Å². The van der Waals surface area contributed by atoms with Gasteiger partial charge in [0, 0.05) is 11.6 Å². The van der Waals surface area contributed by atoms with Crippen LogP contribution in [0.2, 0.25) is 10.3 Å². The van der Waals surface area contributed by atoms with Crippen LogP contribution in [0.4, 0.5) is 8.78 Å². The molecule has 0 saturated carbocycles. The van der Waals surface area contributed by atoms with Crippen molar-refractivity contribution in [1.29, 1.82) is 0 Å². The van der Waals surface area contributed by atoms with E-state index in [1.165, 1.54) is 0 Å². The van der Waals surface area contributed by atoms with Crippen molar-refractivity contribution in [2.45, 2.75) is 0 Å². The number of rotatable bonds is 1. The Kier molecular flexibility index (Phi) is 3.61. The molecule has 0 fully saturated rings. The van der Waals surface area contributed by atoms with Crippen molar-refractivity contribution in [3.63, 3.8) is 0 Å². The number of halogens is 5. The molecule has 0 aliphatic rings. The molecule has 88 valence electrons. The number of nitrogens with zero attached hydrogens (tertiary/aromatic N) is 2. The number of aromatic nitrogens is 2. The lowest BCUT2D eigenvalue weighted by Gasteiger charge is -2.04. The summed E-state index contributed by atoms with van der Waals surface area (Å²) in [5.41, 5.74) is 0.166. The van der Waals surface area contributed by atoms with Gasteiger partial charge in [0.25, 0.3) is 0 Å². The molecular weight excluding hydrogens is 337 g/mol. The Balaban J connectivity index is 2.60. The topological polar surface area (TPSA) is 25.8 Å². The van der Waals surface area contributed by atoms with Crippen LogP contribution < -0.4 is 0 Å². The predicted octanol–water partition coefficient (Wildman–Crippen LogP) is 4.49. The minimum atomic E-state index is -0.723. The Morgan fingerprint density at radius 2 is 1.41 bits per heavy atom. The minimum absolute atomic E-state index is 0.0570. The fraction of sp³-hybridized carbons (Fsp3) is 0. The molecule has 0 N–H and O–H groups in total. The van der Waals surface area contributed by atoms with Gasteiger partial charge < -0.3 is 0 Å². The standard InChI is InChI=1S/C10H3BrCl2F2N2/c11-7-8(12)16-10(17-9(7)13)4-1-5(14)3-6(15)2-4/h1-3H. The van der Waals surface area contributed by atoms with Gasteiger partial charge in [-0.3, -0.25) is 0 Å². The zero-order valence-corrected chi connectivity index (χ0v) is 11.1. The van der Waals surface area contributed by atoms with Gasteiger partial charge in [-0.05, 0) is 28.1 Å². The first-order valence-electron chi connectivity index (χ1n) is 4.32. The second-order valence-electron chi connectivity index (χ2n) is 3.10. The van der Waals surface area contributed by atoms with Crippen LogP contribution in [0, 0.1) is 11.6 Å². The molecule has 2 aromatic rings. The van der Waals surface area contributed by atoms with E-state index < -0.39 is 11.6 Å². The molecular formula is C10H3BrCl2F2N2. The Morgan fingerprint density at radius 3 is 1.88 bits per heavy atom. The van der Waals surface area contributed by atoms with Crippen LogP contribution in [0.5, 0.6) is 0 Å². The lowest BCUT2D eigenvalue weighted by atomic mass is 10.2. The minimum Gasteiger partial charge on any atom is -0.215 e. The maximum Gasteiger partial charge on any atom is 0.162 e. The Hall–Kier alpha value is -0.780. The summed E-state index contributed by atoms with van der Waals surface area (Å²) in [7, 11) is 0. The second-order valence-corrected chi connectivity index (χ2v) is 4.61. The quantitative estimate of drug-likeness (QED) is 0.715. The molecule has 0 amide bonds. The van der Waals surface area contributed by atoms with Gasteiger partial charge in [-0.25, -0.2) is 18.7 Å². The van der Waals surface area contributed by atoms with Crippen molar-refractivity contribution < 1.29 is 8.78 Å². The Morgan fingerprint density at radius 1 is 0.941 bits per heavy atom. The third kappa shape index (κ3) is 2.73. The number of hydrogen-bond donors (Lipinski definition) is 0. The van der Waals surface area contributed by atoms with Crippen LogP contribution in [0.25, 0.3) is 11.4 Å². The summed E-state index contributed by atoms with van der Waals surface area (Å²) in [6.07, 6.45) is 0. The van der Waals surface area contributed by atoms with Gasteiger partial charge in [-0.15, -0.1) is 0 Å². The molecule has 0 unspecified atom stereocenters. The molecule has 1 heterocycles. The lowest BCUT2D eigenvalue weighted by Crippen LogP contribution is -1.93. The molecule has 1 aromatic heterocycles. The average Bonchev–Trinajstić information content (AvgIpc) is 2.23. The van der Waals surface area contributed by atoms with Gasteiger partial charge >= 0.3 is 0 Å². The molecule has 0 atom stereocenters. The van der Waals surface area contributed by atoms with Crippen LogP contribution in [0.15, 0.2) is 22.7 Å². The highest BCUT2D eigenvalue weighted by Crippen LogP contribution is 2.30. The smallest absolute Gasteiger partial charge is 0.162 e. The molecule has 0 aliphatic carbocycles. The summed E-state index contributed by atoms with van der Waals surface area (Å²) in [6, 6.07) is 2.95. The summed E-state index contributed by atoms with van der Waals surface area (Å²) < 4.78 is 26.4. The molecule has 0 bridgehead atoms. The van der Waals surface area contributed by atoms with E-state index in [0.717, 1.165) is 18.2 Å². The molecule has 0 spiro atoms. The molecule has 0 saturated heterocycles. The normalized spacial score (nSPS) is 10.6. The van der Waals surface area contributed by atoms with Gasteiger partial charge in [0.05, 0.1) is 4.47 Å². The molecule has 0 radical (unpaired) electrons. The van der Waals surface area contributed by atoms with Gasteiger partial charge in [0.1, 0.15) is 21.9 Å². The van der Waals surface area contributed by atoms with E-state index in [1.807, 2.05) is 0 Å². The van der Waals surface area contributed by atoms with E-state index in [2.05, 4.69) is 25.9 Å². The first-order chi connectivity index (χ1) is 7.97. The maximum atomic E-state index is 13.0. The predicted molar refractivity (Wildman–Crippen MR) is 65.1 cm³/mol. The first-order valence-corrected chi connectivity index (χ1v) is 5.87. The van der Waals surface area contributed by atoms with Crippen molar-refractivity contribution in [2.75, 3.05) is 0 Å². The first kappa shape index (κ1) is 12.7. The van der Waals surface area contributed by atoms with Gasteiger partial charge in [-0.1, -0.05) is 23.2 Å². The highest BCUT2D eigenvalue weighted by Gasteiger charge is 2.12. The van der Waals surface area contributed by atoms with Gasteiger partial charge in [0.2, 0.25) is 0 Å². The van der Waals surface area contributed by atoms with E-state index in [1.54, 1.807) is 0 Å². The molecule has 7 heteroatoms. The van der Waals surface area contributed by atoms with Crippen LogP contribution in [0.3, 0.4) is 0 Å². The third-order valence-electron chi connectivity index (χ3n) is 1.89. The fourth-order valence-electron chi connectivity index (χ4n) is 1.21. The Bertz CT molecular complexity index is 549. The van der Waals surface area contributed by atoms with Crippen molar-refractivity contribution in [3.05, 3.63) is 44.6 Å². The van der Waals surface area contributed by atoms with E-state index in [9.17, 15) is 8.78 Å². The van der Waals surface area contributed by atoms with Gasteiger partial charge in [-0.2, -0.15) is 0 Å². The summed E-state index contributed by atoms with van der Waals surface area (Å²) in [5, 5.41) is 0.148. The number of benzene rings is 1. The Labute approximate surface area is 114 Å². The van der Waals surface area contributed by atoms with Crippen LogP contribution in [0.1, 0.15) is 0 Å². The number of hydrogen-bond acceptors (Lipinski definition) is 2. The van der Waals surface area contributed by atoms with Crippen LogP contribution in [-0.2, 0) is 0 Å². The van der Waals surface area contributed by atoms with E-state index in [0.29, 0.717) is 4.47 Å². The summed E-state index contributed by atoms with van der Waals surface area (Å²) in [5.74, 6) is -1.39. The van der Waals surface area contributed by atoms with Crippen LogP contribution >= 0.6 is 39.1 Å². The van der Waals surface area contributed by atoms with E-state index in [4.69, 9.17) is 23.2 Å². The maximum absolute atomic E-state index is 13.0. The summed E-state index contributed by atoms with van der Waals surface area (Å²) >= 11 is 14.6.